The average molecular weight is 632 g/mol. The zero-order valence-electron chi connectivity index (χ0n) is 21.0. The van der Waals surface area contributed by atoms with E-state index in [1.54, 1.807) is 0 Å². The highest BCUT2D eigenvalue weighted by Crippen LogP contribution is 2.57. The van der Waals surface area contributed by atoms with Crippen LogP contribution in [0, 0.1) is 0 Å². The summed E-state index contributed by atoms with van der Waals surface area (Å²) in [6, 6.07) is 7.90. The Morgan fingerprint density at radius 3 is 1.73 bits per heavy atom. The first-order valence-corrected chi connectivity index (χ1v) is 13.8. The van der Waals surface area contributed by atoms with Crippen molar-refractivity contribution >= 4 is 43.8 Å². The number of esters is 1. The minimum absolute atomic E-state index is 0.0343. The van der Waals surface area contributed by atoms with E-state index >= 15 is 0 Å². The smallest absolute Gasteiger partial charge is 0.340 e. The Labute approximate surface area is 232 Å². The van der Waals surface area contributed by atoms with Gasteiger partial charge in [0.05, 0.1) is 31.2 Å². The summed E-state index contributed by atoms with van der Waals surface area (Å²) in [6.07, 6.45) is 2.30. The zero-order valence-corrected chi connectivity index (χ0v) is 24.2. The predicted octanol–water partition coefficient (Wildman–Crippen LogP) is 7.03. The Bertz CT molecular complexity index is 1380. The van der Waals surface area contributed by atoms with Gasteiger partial charge in [-0.2, -0.15) is 0 Å². The van der Waals surface area contributed by atoms with Crippen molar-refractivity contribution < 1.29 is 29.6 Å². The van der Waals surface area contributed by atoms with Crippen LogP contribution in [0.1, 0.15) is 87.4 Å². The molecule has 0 unspecified atom stereocenters. The molecule has 0 fully saturated rings. The van der Waals surface area contributed by atoms with Gasteiger partial charge in [0.25, 0.3) is 0 Å². The molecule has 0 spiro atoms. The highest BCUT2D eigenvalue weighted by atomic mass is 79.9. The number of hydrogen-bond donors (Lipinski definition) is 3. The Morgan fingerprint density at radius 2 is 1.32 bits per heavy atom. The largest absolute Gasteiger partial charge is 0.506 e. The Kier molecular flexibility index (Phi) is 7.45. The van der Waals surface area contributed by atoms with Crippen molar-refractivity contribution in [1.29, 1.82) is 0 Å². The quantitative estimate of drug-likeness (QED) is 0.242. The lowest BCUT2D eigenvalue weighted by molar-refractivity contribution is 0.0233. The van der Waals surface area contributed by atoms with Crippen LogP contribution in [-0.2, 0) is 36.0 Å². The van der Waals surface area contributed by atoms with E-state index in [-0.39, 0.29) is 28.2 Å². The molecule has 3 aromatic carbocycles. The van der Waals surface area contributed by atoms with Crippen LogP contribution in [0.4, 0.5) is 0 Å². The molecule has 8 heteroatoms. The topological polar surface area (TPSA) is 104 Å². The Morgan fingerprint density at radius 1 is 0.838 bits per heavy atom. The maximum absolute atomic E-state index is 13.5. The van der Waals surface area contributed by atoms with Gasteiger partial charge in [0.2, 0.25) is 0 Å². The van der Waals surface area contributed by atoms with Crippen LogP contribution in [0.15, 0.2) is 39.3 Å². The summed E-state index contributed by atoms with van der Waals surface area (Å²) >= 11 is 6.96. The summed E-state index contributed by atoms with van der Waals surface area (Å²) in [4.78, 5) is 25.5. The zero-order chi connectivity index (χ0) is 27.2. The van der Waals surface area contributed by atoms with Crippen LogP contribution in [0.5, 0.6) is 11.5 Å². The number of hydrogen-bond acceptors (Lipinski definition) is 5. The molecule has 194 valence electrons. The van der Waals surface area contributed by atoms with Crippen molar-refractivity contribution in [2.45, 2.75) is 59.0 Å². The molecule has 3 N–H and O–H groups in total. The summed E-state index contributed by atoms with van der Waals surface area (Å²) < 4.78 is 7.12. The van der Waals surface area contributed by atoms with Gasteiger partial charge < -0.3 is 20.1 Å². The number of carbonyl (C=O) groups is 2. The van der Waals surface area contributed by atoms with Crippen molar-refractivity contribution in [1.82, 2.24) is 0 Å². The van der Waals surface area contributed by atoms with Gasteiger partial charge in [-0.05, 0) is 110 Å². The fourth-order valence-corrected chi connectivity index (χ4v) is 6.50. The number of phenolic OH excluding ortho intramolecular Hbond substituents is 2. The van der Waals surface area contributed by atoms with E-state index in [9.17, 15) is 24.9 Å². The van der Waals surface area contributed by atoms with Crippen molar-refractivity contribution in [3.05, 3.63) is 89.3 Å². The van der Waals surface area contributed by atoms with E-state index in [4.69, 9.17) is 4.74 Å². The summed E-state index contributed by atoms with van der Waals surface area (Å²) in [5.41, 5.74) is 2.68. The second kappa shape index (κ2) is 10.1. The average Bonchev–Trinajstić information content (AvgIpc) is 3.17. The van der Waals surface area contributed by atoms with Gasteiger partial charge in [-0.15, -0.1) is 0 Å². The number of halogens is 2. The van der Waals surface area contributed by atoms with Crippen LogP contribution in [0.2, 0.25) is 0 Å². The SMILES string of the molecule is CCc1cc(Br)c(O)c(C2(c3c(O)c(Br)cc(CC)c3CC)OC(=O)c3ccc(C(=O)O)cc32)c1CC. The van der Waals surface area contributed by atoms with Gasteiger partial charge in [-0.25, -0.2) is 9.59 Å². The lowest BCUT2D eigenvalue weighted by atomic mass is 9.72. The lowest BCUT2D eigenvalue weighted by Gasteiger charge is -2.36. The summed E-state index contributed by atoms with van der Waals surface area (Å²) in [7, 11) is 0. The third-order valence-corrected chi connectivity index (χ3v) is 8.40. The van der Waals surface area contributed by atoms with Crippen molar-refractivity contribution in [3.8, 4) is 11.5 Å². The van der Waals surface area contributed by atoms with Gasteiger partial charge in [0.1, 0.15) is 11.5 Å². The van der Waals surface area contributed by atoms with E-state index in [2.05, 4.69) is 31.9 Å². The Balaban J connectivity index is 2.35. The summed E-state index contributed by atoms with van der Waals surface area (Å²) in [6.45, 7) is 7.89. The minimum Gasteiger partial charge on any atom is -0.506 e. The van der Waals surface area contributed by atoms with E-state index in [1.807, 2.05) is 39.8 Å². The molecule has 6 nitrogen and oxygen atoms in total. The molecule has 37 heavy (non-hydrogen) atoms. The molecule has 1 aliphatic rings. The van der Waals surface area contributed by atoms with E-state index in [0.29, 0.717) is 45.8 Å². The molecule has 0 saturated carbocycles. The molecular weight excluding hydrogens is 604 g/mol. The number of cyclic esters (lactones) is 1. The molecule has 0 atom stereocenters. The standard InChI is InChI=1S/C29H28Br2O6/c1-5-14-12-21(30)25(32)23(17(14)7-3)29(24-18(8-4)15(6-2)13-22(31)26(24)33)20-11-16(27(34)35)9-10-19(20)28(36)37-29/h9-13,32-33H,5-8H2,1-4H3,(H,34,35). The molecule has 0 aliphatic carbocycles. The number of carboxylic acids is 1. The van der Waals surface area contributed by atoms with E-state index < -0.39 is 17.5 Å². The van der Waals surface area contributed by atoms with Crippen LogP contribution < -0.4 is 0 Å². The molecule has 0 bridgehead atoms. The van der Waals surface area contributed by atoms with Gasteiger partial charge in [0, 0.05) is 5.56 Å². The van der Waals surface area contributed by atoms with Crippen LogP contribution >= 0.6 is 31.9 Å². The molecule has 0 saturated heterocycles. The number of carbonyl (C=O) groups excluding carboxylic acids is 1. The minimum atomic E-state index is -1.79. The van der Waals surface area contributed by atoms with E-state index in [1.165, 1.54) is 18.2 Å². The van der Waals surface area contributed by atoms with Gasteiger partial charge in [-0.3, -0.25) is 0 Å². The van der Waals surface area contributed by atoms with Crippen LogP contribution in [-0.4, -0.2) is 27.3 Å². The van der Waals surface area contributed by atoms with Crippen LogP contribution in [0.25, 0.3) is 0 Å². The number of ether oxygens (including phenoxy) is 1. The normalized spacial score (nSPS) is 13.9. The first-order chi connectivity index (χ1) is 17.6. The first-order valence-electron chi connectivity index (χ1n) is 12.3. The first kappa shape index (κ1) is 27.2. The highest BCUT2D eigenvalue weighted by molar-refractivity contribution is 9.10. The van der Waals surface area contributed by atoms with Gasteiger partial charge in [0.15, 0.2) is 5.60 Å². The second-order valence-electron chi connectivity index (χ2n) is 8.99. The lowest BCUT2D eigenvalue weighted by Crippen LogP contribution is -2.33. The van der Waals surface area contributed by atoms with Gasteiger partial charge in [-0.1, -0.05) is 27.7 Å². The number of phenols is 2. The number of carboxylic acid groups (broad SMARTS) is 1. The maximum Gasteiger partial charge on any atom is 0.340 e. The number of aromatic hydroxyl groups is 2. The summed E-state index contributed by atoms with van der Waals surface area (Å²) in [5, 5.41) is 33.0. The maximum atomic E-state index is 13.5. The fraction of sp³-hybridized carbons (Fsp3) is 0.310. The molecule has 4 rings (SSSR count). The molecule has 1 heterocycles. The number of benzene rings is 3. The third kappa shape index (κ3) is 4.05. The number of aryl methyl sites for hydroxylation is 2. The number of aromatic carboxylic acids is 1. The molecule has 0 amide bonds. The summed E-state index contributed by atoms with van der Waals surface area (Å²) in [5.74, 6) is -2.08. The molecule has 0 radical (unpaired) electrons. The highest BCUT2D eigenvalue weighted by Gasteiger charge is 2.54. The van der Waals surface area contributed by atoms with Gasteiger partial charge >= 0.3 is 11.9 Å². The van der Waals surface area contributed by atoms with Crippen LogP contribution in [0.3, 0.4) is 0 Å². The fourth-order valence-electron chi connectivity index (χ4n) is 5.55. The number of rotatable bonds is 7. The molecular formula is C29H28Br2O6. The molecule has 1 aliphatic heterocycles. The Hall–Kier alpha value is -2.84. The molecule has 3 aromatic rings. The predicted molar refractivity (Wildman–Crippen MR) is 148 cm³/mol. The second-order valence-corrected chi connectivity index (χ2v) is 10.7. The number of fused-ring (bicyclic) bond motifs is 1. The third-order valence-electron chi connectivity index (χ3n) is 7.19. The van der Waals surface area contributed by atoms with E-state index in [0.717, 1.165) is 22.3 Å². The molecule has 0 aromatic heterocycles. The van der Waals surface area contributed by atoms with Crippen molar-refractivity contribution in [2.75, 3.05) is 0 Å². The van der Waals surface area contributed by atoms with Crippen molar-refractivity contribution in [2.24, 2.45) is 0 Å². The van der Waals surface area contributed by atoms with Crippen molar-refractivity contribution in [3.63, 3.8) is 0 Å². The monoisotopic (exact) mass is 630 g/mol.